The van der Waals surface area contributed by atoms with Crippen molar-refractivity contribution >= 4 is 29.1 Å². The van der Waals surface area contributed by atoms with Crippen LogP contribution >= 0.6 is 11.6 Å². The first kappa shape index (κ1) is 19.7. The largest absolute Gasteiger partial charge is 0.352 e. The molecule has 6 heteroatoms. The van der Waals surface area contributed by atoms with Crippen molar-refractivity contribution in [1.29, 1.82) is 0 Å². The first-order chi connectivity index (χ1) is 12.0. The van der Waals surface area contributed by atoms with Gasteiger partial charge in [-0.3, -0.25) is 9.59 Å². The summed E-state index contributed by atoms with van der Waals surface area (Å²) in [5.41, 5.74) is 1.05. The number of hydrogen-bond acceptors (Lipinski definition) is 3. The van der Waals surface area contributed by atoms with Crippen LogP contribution in [0.2, 0.25) is 5.02 Å². The Morgan fingerprint density at radius 2 is 2.04 bits per heavy atom. The molecule has 1 aromatic rings. The van der Waals surface area contributed by atoms with E-state index in [2.05, 4.69) is 22.9 Å². The molecule has 1 heterocycles. The highest BCUT2D eigenvalue weighted by atomic mass is 35.5. The molecule has 1 saturated heterocycles. The lowest BCUT2D eigenvalue weighted by molar-refractivity contribution is -0.117. The van der Waals surface area contributed by atoms with Crippen molar-refractivity contribution < 1.29 is 9.59 Å². The zero-order valence-electron chi connectivity index (χ0n) is 15.0. The van der Waals surface area contributed by atoms with Crippen LogP contribution in [0.4, 0.5) is 5.69 Å². The van der Waals surface area contributed by atoms with Crippen molar-refractivity contribution in [2.75, 3.05) is 25.0 Å². The van der Waals surface area contributed by atoms with Crippen LogP contribution in [0.25, 0.3) is 0 Å². The molecule has 0 bridgehead atoms. The summed E-state index contributed by atoms with van der Waals surface area (Å²) in [6, 6.07) is 5.01. The standard InChI is InChI=1S/C19H28ClN3O2/c1-3-8-22-19(25)16-5-4-15(12-17(16)20)23-18(24)11-13(2)14-6-9-21-10-7-14/h4-5,12-14,21H,3,6-11H2,1-2H3,(H,22,25)(H,23,24). The van der Waals surface area contributed by atoms with Gasteiger partial charge in [0.25, 0.3) is 5.91 Å². The number of nitrogens with one attached hydrogen (secondary N) is 3. The van der Waals surface area contributed by atoms with E-state index < -0.39 is 0 Å². The van der Waals surface area contributed by atoms with E-state index >= 15 is 0 Å². The van der Waals surface area contributed by atoms with Gasteiger partial charge in [0.15, 0.2) is 0 Å². The Balaban J connectivity index is 1.90. The Kier molecular flexibility index (Phi) is 7.72. The third kappa shape index (κ3) is 6.01. The molecule has 2 amide bonds. The Labute approximate surface area is 154 Å². The molecule has 1 aliphatic heterocycles. The van der Waals surface area contributed by atoms with Gasteiger partial charge in [-0.05, 0) is 62.4 Å². The van der Waals surface area contributed by atoms with Gasteiger partial charge in [0.2, 0.25) is 5.91 Å². The Morgan fingerprint density at radius 3 is 2.68 bits per heavy atom. The number of rotatable bonds is 7. The fourth-order valence-corrected chi connectivity index (χ4v) is 3.46. The van der Waals surface area contributed by atoms with E-state index in [1.807, 2.05) is 6.92 Å². The lowest BCUT2D eigenvalue weighted by atomic mass is 9.84. The van der Waals surface area contributed by atoms with E-state index in [0.717, 1.165) is 32.4 Å². The summed E-state index contributed by atoms with van der Waals surface area (Å²) < 4.78 is 0. The topological polar surface area (TPSA) is 70.2 Å². The maximum absolute atomic E-state index is 12.3. The van der Waals surface area contributed by atoms with Crippen molar-refractivity contribution in [1.82, 2.24) is 10.6 Å². The Morgan fingerprint density at radius 1 is 1.32 bits per heavy atom. The van der Waals surface area contributed by atoms with E-state index in [4.69, 9.17) is 11.6 Å². The van der Waals surface area contributed by atoms with E-state index in [1.165, 1.54) is 0 Å². The highest BCUT2D eigenvalue weighted by Gasteiger charge is 2.22. The SMILES string of the molecule is CCCNC(=O)c1ccc(NC(=O)CC(C)C2CCNCC2)cc1Cl. The zero-order chi connectivity index (χ0) is 18.2. The second-order valence-electron chi connectivity index (χ2n) is 6.77. The molecule has 1 unspecified atom stereocenters. The first-order valence-corrected chi connectivity index (χ1v) is 9.47. The number of amides is 2. The summed E-state index contributed by atoms with van der Waals surface area (Å²) in [6.45, 7) is 6.82. The molecule has 0 saturated carbocycles. The van der Waals surface area contributed by atoms with Gasteiger partial charge in [0.1, 0.15) is 0 Å². The molecule has 25 heavy (non-hydrogen) atoms. The van der Waals surface area contributed by atoms with Crippen LogP contribution in [-0.4, -0.2) is 31.4 Å². The smallest absolute Gasteiger partial charge is 0.252 e. The van der Waals surface area contributed by atoms with Crippen molar-refractivity contribution in [2.45, 2.75) is 39.5 Å². The van der Waals surface area contributed by atoms with Crippen LogP contribution in [0.3, 0.4) is 0 Å². The lowest BCUT2D eigenvalue weighted by Crippen LogP contribution is -2.32. The van der Waals surface area contributed by atoms with Crippen LogP contribution in [0.5, 0.6) is 0 Å². The molecule has 0 aliphatic carbocycles. The fourth-order valence-electron chi connectivity index (χ4n) is 3.20. The maximum Gasteiger partial charge on any atom is 0.252 e. The van der Waals surface area contributed by atoms with Gasteiger partial charge >= 0.3 is 0 Å². The molecule has 1 fully saturated rings. The number of hydrogen-bond donors (Lipinski definition) is 3. The van der Waals surface area contributed by atoms with Crippen LogP contribution < -0.4 is 16.0 Å². The Hall–Kier alpha value is -1.59. The predicted octanol–water partition coefficient (Wildman–Crippen LogP) is 3.44. The average molecular weight is 366 g/mol. The summed E-state index contributed by atoms with van der Waals surface area (Å²) in [7, 11) is 0. The molecule has 0 radical (unpaired) electrons. The number of halogens is 1. The molecule has 1 aromatic carbocycles. The molecular weight excluding hydrogens is 338 g/mol. The van der Waals surface area contributed by atoms with Crippen molar-refractivity contribution in [3.05, 3.63) is 28.8 Å². The van der Waals surface area contributed by atoms with Gasteiger partial charge < -0.3 is 16.0 Å². The molecule has 0 aromatic heterocycles. The number of carbonyl (C=O) groups is 2. The molecule has 2 rings (SSSR count). The number of carbonyl (C=O) groups excluding carboxylic acids is 2. The number of anilines is 1. The minimum absolute atomic E-state index is 0.00900. The quantitative estimate of drug-likeness (QED) is 0.693. The van der Waals surface area contributed by atoms with Crippen LogP contribution in [0.15, 0.2) is 18.2 Å². The zero-order valence-corrected chi connectivity index (χ0v) is 15.8. The van der Waals surface area contributed by atoms with Crippen molar-refractivity contribution in [3.63, 3.8) is 0 Å². The van der Waals surface area contributed by atoms with E-state index in [9.17, 15) is 9.59 Å². The Bertz CT molecular complexity index is 600. The fraction of sp³-hybridized carbons (Fsp3) is 0.579. The molecular formula is C19H28ClN3O2. The lowest BCUT2D eigenvalue weighted by Gasteiger charge is -2.27. The van der Waals surface area contributed by atoms with Gasteiger partial charge in [0, 0.05) is 18.7 Å². The number of benzene rings is 1. The van der Waals surface area contributed by atoms with Gasteiger partial charge in [-0.25, -0.2) is 0 Å². The van der Waals surface area contributed by atoms with Gasteiger partial charge in [-0.1, -0.05) is 25.4 Å². The van der Waals surface area contributed by atoms with Crippen LogP contribution in [0, 0.1) is 11.8 Å². The number of piperidine rings is 1. The maximum atomic E-state index is 12.3. The third-order valence-electron chi connectivity index (χ3n) is 4.73. The summed E-state index contributed by atoms with van der Waals surface area (Å²) in [5.74, 6) is 0.756. The summed E-state index contributed by atoms with van der Waals surface area (Å²) >= 11 is 6.20. The molecule has 1 atom stereocenters. The van der Waals surface area contributed by atoms with Crippen molar-refractivity contribution in [3.8, 4) is 0 Å². The highest BCUT2D eigenvalue weighted by molar-refractivity contribution is 6.34. The first-order valence-electron chi connectivity index (χ1n) is 9.09. The van der Waals surface area contributed by atoms with E-state index in [0.29, 0.717) is 41.1 Å². The van der Waals surface area contributed by atoms with Gasteiger partial charge in [0.05, 0.1) is 10.6 Å². The molecule has 1 aliphatic rings. The molecule has 138 valence electrons. The second-order valence-corrected chi connectivity index (χ2v) is 7.17. The minimum Gasteiger partial charge on any atom is -0.352 e. The minimum atomic E-state index is -0.191. The molecule has 3 N–H and O–H groups in total. The van der Waals surface area contributed by atoms with E-state index in [1.54, 1.807) is 18.2 Å². The van der Waals surface area contributed by atoms with Gasteiger partial charge in [-0.2, -0.15) is 0 Å². The highest BCUT2D eigenvalue weighted by Crippen LogP contribution is 2.25. The van der Waals surface area contributed by atoms with Gasteiger partial charge in [-0.15, -0.1) is 0 Å². The summed E-state index contributed by atoms with van der Waals surface area (Å²) in [4.78, 5) is 24.3. The third-order valence-corrected chi connectivity index (χ3v) is 5.04. The second kappa shape index (κ2) is 9.78. The predicted molar refractivity (Wildman–Crippen MR) is 102 cm³/mol. The molecule has 0 spiro atoms. The normalized spacial score (nSPS) is 16.3. The summed E-state index contributed by atoms with van der Waals surface area (Å²) in [5, 5.41) is 9.38. The average Bonchev–Trinajstić information content (AvgIpc) is 2.60. The monoisotopic (exact) mass is 365 g/mol. The van der Waals surface area contributed by atoms with Crippen LogP contribution in [-0.2, 0) is 4.79 Å². The van der Waals surface area contributed by atoms with E-state index in [-0.39, 0.29) is 11.8 Å². The molecule has 5 nitrogen and oxygen atoms in total. The summed E-state index contributed by atoms with van der Waals surface area (Å²) in [6.07, 6.45) is 3.62. The van der Waals surface area contributed by atoms with Crippen LogP contribution in [0.1, 0.15) is 49.9 Å². The van der Waals surface area contributed by atoms with Crippen molar-refractivity contribution in [2.24, 2.45) is 11.8 Å².